The number of carbonyl (C=O) groups is 5. The first kappa shape index (κ1) is 37.4. The Hall–Kier alpha value is -5.39. The highest BCUT2D eigenvalue weighted by Crippen LogP contribution is 2.20. The van der Waals surface area contributed by atoms with Gasteiger partial charge in [0.05, 0.1) is 31.7 Å². The summed E-state index contributed by atoms with van der Waals surface area (Å²) in [7, 11) is 3.08. The smallest absolute Gasteiger partial charge is 0.255 e. The summed E-state index contributed by atoms with van der Waals surface area (Å²) in [6.07, 6.45) is 0.798. The van der Waals surface area contributed by atoms with Gasteiger partial charge in [-0.25, -0.2) is 0 Å². The molecule has 4 rings (SSSR count). The molecule has 0 radical (unpaired) electrons. The second-order valence-electron chi connectivity index (χ2n) is 12.8. The van der Waals surface area contributed by atoms with Crippen molar-refractivity contribution in [3.63, 3.8) is 0 Å². The van der Waals surface area contributed by atoms with Crippen LogP contribution in [0.5, 0.6) is 11.5 Å². The second kappa shape index (κ2) is 18.4. The molecule has 1 heterocycles. The molecule has 0 aliphatic carbocycles. The van der Waals surface area contributed by atoms with E-state index in [1.54, 1.807) is 31.4 Å². The molecule has 0 spiro atoms. The molecule has 0 bridgehead atoms. The lowest BCUT2D eigenvalue weighted by atomic mass is 10.0. The highest BCUT2D eigenvalue weighted by molar-refractivity contribution is 6.01. The maximum absolute atomic E-state index is 13.7. The number of nitrogens with one attached hydrogen (secondary N) is 4. The standard InChI is InChI=1S/C38H47N5O7/c1-25(2)19-32-38(48)43(3)23-35(45)40-28(20-26-11-6-5-7-12-26)24-50-33-16-9-8-15-30(33)36(46)42-31(22-34(44)41-32)37(47)39-18-17-27-13-10-14-29(21-27)49-4/h5-16,21,25,28,31-32H,17-20,22-24H2,1-4H3,(H,39,47)(H,40,45)(H,41,44)(H,42,46)/t28-,31+,32-/m1/s1. The molecule has 3 atom stereocenters. The molecular formula is C38H47N5O7. The lowest BCUT2D eigenvalue weighted by Gasteiger charge is -2.27. The van der Waals surface area contributed by atoms with Crippen molar-refractivity contribution in [2.24, 2.45) is 5.92 Å². The van der Waals surface area contributed by atoms with Gasteiger partial charge in [0.2, 0.25) is 23.6 Å². The summed E-state index contributed by atoms with van der Waals surface area (Å²) in [6, 6.07) is 20.9. The molecule has 4 N–H and O–H groups in total. The van der Waals surface area contributed by atoms with Gasteiger partial charge in [0.15, 0.2) is 0 Å². The van der Waals surface area contributed by atoms with Gasteiger partial charge in [0.1, 0.15) is 30.2 Å². The molecule has 3 aromatic carbocycles. The topological polar surface area (TPSA) is 155 Å². The van der Waals surface area contributed by atoms with E-state index in [1.807, 2.05) is 68.4 Å². The van der Waals surface area contributed by atoms with Gasteiger partial charge >= 0.3 is 0 Å². The van der Waals surface area contributed by atoms with Crippen LogP contribution in [0, 0.1) is 5.92 Å². The lowest BCUT2D eigenvalue weighted by Crippen LogP contribution is -2.53. The van der Waals surface area contributed by atoms with Crippen molar-refractivity contribution in [1.29, 1.82) is 0 Å². The van der Waals surface area contributed by atoms with E-state index < -0.39 is 54.1 Å². The van der Waals surface area contributed by atoms with Crippen LogP contribution in [0.25, 0.3) is 0 Å². The summed E-state index contributed by atoms with van der Waals surface area (Å²) in [5, 5.41) is 11.3. The minimum absolute atomic E-state index is 0.0206. The number of carbonyl (C=O) groups excluding carboxylic acids is 5. The maximum Gasteiger partial charge on any atom is 0.255 e. The number of para-hydroxylation sites is 1. The molecule has 3 aromatic rings. The SMILES string of the molecule is COc1cccc(CCNC(=O)[C@@H]2CC(=O)N[C@H](CC(C)C)C(=O)N(C)CC(=O)N[C@H](Cc3ccccc3)COc3ccccc3C(=O)N2)c1. The molecule has 1 aliphatic rings. The van der Waals surface area contributed by atoms with E-state index >= 15 is 0 Å². The second-order valence-corrected chi connectivity index (χ2v) is 12.8. The Kier molecular flexibility index (Phi) is 13.8. The molecular weight excluding hydrogens is 638 g/mol. The Morgan fingerprint density at radius 2 is 1.64 bits per heavy atom. The van der Waals surface area contributed by atoms with Crippen molar-refractivity contribution < 1.29 is 33.4 Å². The van der Waals surface area contributed by atoms with E-state index in [9.17, 15) is 24.0 Å². The first-order valence-corrected chi connectivity index (χ1v) is 16.8. The Labute approximate surface area is 293 Å². The zero-order valence-corrected chi connectivity index (χ0v) is 29.1. The van der Waals surface area contributed by atoms with Crippen molar-refractivity contribution in [2.45, 2.75) is 57.7 Å². The molecule has 50 heavy (non-hydrogen) atoms. The highest BCUT2D eigenvalue weighted by Gasteiger charge is 2.31. The van der Waals surface area contributed by atoms with Crippen LogP contribution in [-0.2, 0) is 32.0 Å². The van der Waals surface area contributed by atoms with Gasteiger partial charge in [0.25, 0.3) is 5.91 Å². The predicted molar refractivity (Wildman–Crippen MR) is 189 cm³/mol. The number of fused-ring (bicyclic) bond motifs is 1. The minimum atomic E-state index is -1.27. The first-order chi connectivity index (χ1) is 24.0. The van der Waals surface area contributed by atoms with Gasteiger partial charge in [-0.1, -0.05) is 68.4 Å². The van der Waals surface area contributed by atoms with E-state index in [0.717, 1.165) is 11.1 Å². The summed E-state index contributed by atoms with van der Waals surface area (Å²) < 4.78 is 11.4. The van der Waals surface area contributed by atoms with E-state index in [0.29, 0.717) is 25.0 Å². The van der Waals surface area contributed by atoms with Crippen LogP contribution in [0.4, 0.5) is 0 Å². The number of amides is 5. The zero-order valence-electron chi connectivity index (χ0n) is 29.1. The van der Waals surface area contributed by atoms with Gasteiger partial charge in [-0.05, 0) is 60.6 Å². The number of hydrogen-bond donors (Lipinski definition) is 4. The number of benzene rings is 3. The Balaban J connectivity index is 1.61. The Morgan fingerprint density at radius 1 is 0.920 bits per heavy atom. The largest absolute Gasteiger partial charge is 0.497 e. The maximum atomic E-state index is 13.7. The molecule has 12 heteroatoms. The summed E-state index contributed by atoms with van der Waals surface area (Å²) in [5.41, 5.74) is 2.05. The van der Waals surface area contributed by atoms with Crippen LogP contribution >= 0.6 is 0 Å². The average molecular weight is 686 g/mol. The highest BCUT2D eigenvalue weighted by atomic mass is 16.5. The lowest BCUT2D eigenvalue weighted by molar-refractivity contribution is -0.139. The summed E-state index contributed by atoms with van der Waals surface area (Å²) >= 11 is 0. The van der Waals surface area contributed by atoms with Gasteiger partial charge < -0.3 is 35.6 Å². The molecule has 5 amide bonds. The monoisotopic (exact) mass is 685 g/mol. The third-order valence-corrected chi connectivity index (χ3v) is 8.22. The van der Waals surface area contributed by atoms with Gasteiger partial charge in [-0.2, -0.15) is 0 Å². The summed E-state index contributed by atoms with van der Waals surface area (Å²) in [4.78, 5) is 68.8. The normalized spacial score (nSPS) is 19.3. The number of hydrogen-bond acceptors (Lipinski definition) is 7. The summed E-state index contributed by atoms with van der Waals surface area (Å²) in [5.74, 6) is -1.67. The molecule has 0 unspecified atom stereocenters. The predicted octanol–water partition coefficient (Wildman–Crippen LogP) is 2.65. The number of ether oxygens (including phenoxy) is 2. The van der Waals surface area contributed by atoms with Crippen LogP contribution in [0.3, 0.4) is 0 Å². The number of likely N-dealkylation sites (N-methyl/N-ethyl adjacent to an activating group) is 1. The van der Waals surface area contributed by atoms with E-state index in [-0.39, 0.29) is 36.9 Å². The molecule has 0 saturated heterocycles. The number of nitrogens with zero attached hydrogens (tertiary/aromatic N) is 1. The average Bonchev–Trinajstić information content (AvgIpc) is 3.09. The van der Waals surface area contributed by atoms with Crippen molar-refractivity contribution in [3.8, 4) is 11.5 Å². The third-order valence-electron chi connectivity index (χ3n) is 8.22. The molecule has 1 aliphatic heterocycles. The molecule has 0 saturated carbocycles. The quantitative estimate of drug-likeness (QED) is 0.270. The fourth-order valence-electron chi connectivity index (χ4n) is 5.71. The van der Waals surface area contributed by atoms with Gasteiger partial charge in [0, 0.05) is 13.6 Å². The van der Waals surface area contributed by atoms with Crippen LogP contribution in [0.15, 0.2) is 78.9 Å². The fraction of sp³-hybridized carbons (Fsp3) is 0.395. The van der Waals surface area contributed by atoms with Gasteiger partial charge in [-0.3, -0.25) is 24.0 Å². The molecule has 0 aromatic heterocycles. The van der Waals surface area contributed by atoms with Crippen LogP contribution in [0.1, 0.15) is 48.2 Å². The van der Waals surface area contributed by atoms with E-state index in [4.69, 9.17) is 9.47 Å². The summed E-state index contributed by atoms with van der Waals surface area (Å²) in [6.45, 7) is 3.84. The van der Waals surface area contributed by atoms with Gasteiger partial charge in [-0.15, -0.1) is 0 Å². The van der Waals surface area contributed by atoms with Crippen LogP contribution in [0.2, 0.25) is 0 Å². The molecule has 12 nitrogen and oxygen atoms in total. The van der Waals surface area contributed by atoms with E-state index in [1.165, 1.54) is 11.9 Å². The number of rotatable bonds is 9. The van der Waals surface area contributed by atoms with Crippen molar-refractivity contribution in [1.82, 2.24) is 26.2 Å². The first-order valence-electron chi connectivity index (χ1n) is 16.8. The minimum Gasteiger partial charge on any atom is -0.497 e. The fourth-order valence-corrected chi connectivity index (χ4v) is 5.71. The van der Waals surface area contributed by atoms with Crippen LogP contribution < -0.4 is 30.7 Å². The third kappa shape index (κ3) is 11.4. The zero-order chi connectivity index (χ0) is 36.0. The molecule has 0 fully saturated rings. The van der Waals surface area contributed by atoms with Crippen molar-refractivity contribution >= 4 is 29.5 Å². The van der Waals surface area contributed by atoms with Crippen LogP contribution in [-0.4, -0.2) is 86.4 Å². The van der Waals surface area contributed by atoms with Crippen molar-refractivity contribution in [2.75, 3.05) is 33.9 Å². The molecule has 266 valence electrons. The Morgan fingerprint density at radius 3 is 2.38 bits per heavy atom. The van der Waals surface area contributed by atoms with Crippen molar-refractivity contribution in [3.05, 3.63) is 95.6 Å². The van der Waals surface area contributed by atoms with E-state index in [2.05, 4.69) is 21.3 Å². The number of methoxy groups -OCH3 is 1. The Bertz CT molecular complexity index is 1630.